The number of methoxy groups -OCH3 is 1. The third kappa shape index (κ3) is 4.07. The van der Waals surface area contributed by atoms with Crippen LogP contribution >= 0.6 is 23.4 Å². The monoisotopic (exact) mass is 365 g/mol. The number of ether oxygens (including phenoxy) is 3. The van der Waals surface area contributed by atoms with E-state index in [9.17, 15) is 4.79 Å². The van der Waals surface area contributed by atoms with Gasteiger partial charge in [0, 0.05) is 9.92 Å². The molecule has 0 saturated heterocycles. The number of hydrogen-bond acceptors (Lipinski definition) is 5. The average molecular weight is 366 g/mol. The zero-order valence-corrected chi connectivity index (χ0v) is 14.6. The van der Waals surface area contributed by atoms with E-state index in [0.717, 1.165) is 10.6 Å². The van der Waals surface area contributed by atoms with Gasteiger partial charge in [0.2, 0.25) is 5.91 Å². The van der Waals surface area contributed by atoms with Crippen LogP contribution in [0.25, 0.3) is 0 Å². The summed E-state index contributed by atoms with van der Waals surface area (Å²) in [6.07, 6.45) is 0. The maximum absolute atomic E-state index is 12.2. The molecule has 126 valence electrons. The lowest BCUT2D eigenvalue weighted by Crippen LogP contribution is -2.16. The summed E-state index contributed by atoms with van der Waals surface area (Å²) in [6, 6.07) is 10.7. The molecule has 0 aliphatic carbocycles. The van der Waals surface area contributed by atoms with Crippen LogP contribution in [0.1, 0.15) is 0 Å². The number of halogens is 1. The van der Waals surface area contributed by atoms with E-state index in [4.69, 9.17) is 25.8 Å². The molecule has 0 spiro atoms. The number of amides is 1. The van der Waals surface area contributed by atoms with Gasteiger partial charge in [-0.25, -0.2) is 0 Å². The number of carbonyl (C=O) groups is 1. The van der Waals surface area contributed by atoms with Crippen LogP contribution in [0.15, 0.2) is 41.3 Å². The lowest BCUT2D eigenvalue weighted by Gasteiger charge is -2.18. The first-order valence-electron chi connectivity index (χ1n) is 7.31. The normalized spacial score (nSPS) is 12.6. The van der Waals surface area contributed by atoms with E-state index in [1.165, 1.54) is 11.8 Å². The molecular weight excluding hydrogens is 350 g/mol. The van der Waals surface area contributed by atoms with Crippen LogP contribution < -0.4 is 19.5 Å². The van der Waals surface area contributed by atoms with Crippen molar-refractivity contribution < 1.29 is 19.0 Å². The first-order chi connectivity index (χ1) is 11.7. The number of rotatable bonds is 5. The Balaban J connectivity index is 1.61. The first-order valence-corrected chi connectivity index (χ1v) is 8.68. The van der Waals surface area contributed by atoms with Gasteiger partial charge in [-0.05, 0) is 36.4 Å². The molecule has 24 heavy (non-hydrogen) atoms. The third-order valence-electron chi connectivity index (χ3n) is 3.32. The molecule has 0 fully saturated rings. The lowest BCUT2D eigenvalue weighted by molar-refractivity contribution is -0.113. The lowest BCUT2D eigenvalue weighted by atomic mass is 10.3. The zero-order valence-electron chi connectivity index (χ0n) is 13.0. The summed E-state index contributed by atoms with van der Waals surface area (Å²) >= 11 is 7.38. The molecule has 0 atom stereocenters. The van der Waals surface area contributed by atoms with Crippen LogP contribution in [0.3, 0.4) is 0 Å². The Hall–Kier alpha value is -2.05. The van der Waals surface area contributed by atoms with Crippen molar-refractivity contribution in [1.29, 1.82) is 0 Å². The fraction of sp³-hybridized carbons (Fsp3) is 0.235. The van der Waals surface area contributed by atoms with Crippen LogP contribution in [-0.2, 0) is 4.79 Å². The van der Waals surface area contributed by atoms with Gasteiger partial charge in [0.05, 0.1) is 18.6 Å². The minimum Gasteiger partial charge on any atom is -0.495 e. The Morgan fingerprint density at radius 2 is 2.00 bits per heavy atom. The van der Waals surface area contributed by atoms with Crippen molar-refractivity contribution in [1.82, 2.24) is 0 Å². The molecular formula is C17H16ClNO4S. The second kappa shape index (κ2) is 7.68. The number of benzene rings is 2. The van der Waals surface area contributed by atoms with Crippen molar-refractivity contribution in [3.8, 4) is 17.2 Å². The summed E-state index contributed by atoms with van der Waals surface area (Å²) in [5.74, 6) is 2.13. The fourth-order valence-corrected chi connectivity index (χ4v) is 3.12. The largest absolute Gasteiger partial charge is 0.495 e. The van der Waals surface area contributed by atoms with E-state index < -0.39 is 0 Å². The Bertz CT molecular complexity index is 753. The van der Waals surface area contributed by atoms with E-state index in [1.54, 1.807) is 25.3 Å². The molecule has 0 bridgehead atoms. The molecule has 1 heterocycles. The Kier molecular flexibility index (Phi) is 5.37. The Morgan fingerprint density at radius 3 is 2.79 bits per heavy atom. The van der Waals surface area contributed by atoms with Crippen molar-refractivity contribution in [2.24, 2.45) is 0 Å². The van der Waals surface area contributed by atoms with Crippen molar-refractivity contribution in [3.63, 3.8) is 0 Å². The Morgan fingerprint density at radius 1 is 1.21 bits per heavy atom. The smallest absolute Gasteiger partial charge is 0.234 e. The van der Waals surface area contributed by atoms with Crippen molar-refractivity contribution in [2.75, 3.05) is 31.4 Å². The standard InChI is InChI=1S/C17H16ClNO4S/c1-21-14-4-2-11(18)8-13(14)19-17(20)10-24-12-3-5-15-16(9-12)23-7-6-22-15/h2-5,8-9H,6-7,10H2,1H3,(H,19,20). The molecule has 2 aromatic carbocycles. The van der Waals surface area contributed by atoms with E-state index in [2.05, 4.69) is 5.32 Å². The predicted octanol–water partition coefficient (Wildman–Crippen LogP) is 3.85. The second-order valence-electron chi connectivity index (χ2n) is 4.99. The van der Waals surface area contributed by atoms with Gasteiger partial charge in [-0.3, -0.25) is 4.79 Å². The molecule has 2 aromatic rings. The Labute approximate surface area is 149 Å². The van der Waals surface area contributed by atoms with E-state index in [0.29, 0.717) is 35.4 Å². The van der Waals surface area contributed by atoms with E-state index in [1.807, 2.05) is 18.2 Å². The third-order valence-corrected chi connectivity index (χ3v) is 4.55. The summed E-state index contributed by atoms with van der Waals surface area (Å²) in [5.41, 5.74) is 0.553. The molecule has 0 aromatic heterocycles. The summed E-state index contributed by atoms with van der Waals surface area (Å²) in [5, 5.41) is 3.34. The van der Waals surface area contributed by atoms with Crippen LogP contribution in [0.5, 0.6) is 17.2 Å². The van der Waals surface area contributed by atoms with Gasteiger partial charge in [0.1, 0.15) is 19.0 Å². The van der Waals surface area contributed by atoms with Gasteiger partial charge in [0.25, 0.3) is 0 Å². The molecule has 0 radical (unpaired) electrons. The highest BCUT2D eigenvalue weighted by molar-refractivity contribution is 8.00. The summed E-state index contributed by atoms with van der Waals surface area (Å²) in [7, 11) is 1.54. The van der Waals surface area contributed by atoms with Crippen molar-refractivity contribution >= 4 is 35.0 Å². The molecule has 5 nitrogen and oxygen atoms in total. The van der Waals surface area contributed by atoms with Gasteiger partial charge >= 0.3 is 0 Å². The van der Waals surface area contributed by atoms with Crippen molar-refractivity contribution in [3.05, 3.63) is 41.4 Å². The second-order valence-corrected chi connectivity index (χ2v) is 6.47. The maximum Gasteiger partial charge on any atom is 0.234 e. The summed E-state index contributed by atoms with van der Waals surface area (Å²) in [6.45, 7) is 1.10. The molecule has 0 unspecified atom stereocenters. The number of nitrogens with one attached hydrogen (secondary N) is 1. The number of carbonyl (C=O) groups excluding carboxylic acids is 1. The maximum atomic E-state index is 12.2. The fourth-order valence-electron chi connectivity index (χ4n) is 2.23. The molecule has 7 heteroatoms. The minimum absolute atomic E-state index is 0.143. The quantitative estimate of drug-likeness (QED) is 0.815. The highest BCUT2D eigenvalue weighted by atomic mass is 35.5. The minimum atomic E-state index is -0.143. The van der Waals surface area contributed by atoms with Crippen LogP contribution in [0, 0.1) is 0 Å². The van der Waals surface area contributed by atoms with Gasteiger partial charge in [-0.1, -0.05) is 11.6 Å². The summed E-state index contributed by atoms with van der Waals surface area (Å²) in [4.78, 5) is 13.1. The number of anilines is 1. The molecule has 0 saturated carbocycles. The van der Waals surface area contributed by atoms with E-state index >= 15 is 0 Å². The SMILES string of the molecule is COc1ccc(Cl)cc1NC(=O)CSc1ccc2c(c1)OCCO2. The highest BCUT2D eigenvalue weighted by Crippen LogP contribution is 2.34. The molecule has 1 aliphatic rings. The first kappa shape index (κ1) is 16.8. The summed E-state index contributed by atoms with van der Waals surface area (Å²) < 4.78 is 16.2. The molecule has 1 amide bonds. The number of hydrogen-bond donors (Lipinski definition) is 1. The average Bonchev–Trinajstić information content (AvgIpc) is 2.60. The predicted molar refractivity (Wildman–Crippen MR) is 94.8 cm³/mol. The van der Waals surface area contributed by atoms with Crippen LogP contribution in [0.4, 0.5) is 5.69 Å². The topological polar surface area (TPSA) is 56.8 Å². The highest BCUT2D eigenvalue weighted by Gasteiger charge is 2.13. The van der Waals surface area contributed by atoms with E-state index in [-0.39, 0.29) is 11.7 Å². The van der Waals surface area contributed by atoms with Gasteiger partial charge in [-0.15, -0.1) is 11.8 Å². The van der Waals surface area contributed by atoms with Gasteiger partial charge in [0.15, 0.2) is 11.5 Å². The molecule has 1 N–H and O–H groups in total. The van der Waals surface area contributed by atoms with Gasteiger partial charge < -0.3 is 19.5 Å². The number of fused-ring (bicyclic) bond motifs is 1. The van der Waals surface area contributed by atoms with Gasteiger partial charge in [-0.2, -0.15) is 0 Å². The zero-order chi connectivity index (χ0) is 16.9. The molecule has 3 rings (SSSR count). The molecule has 1 aliphatic heterocycles. The van der Waals surface area contributed by atoms with Crippen LogP contribution in [-0.4, -0.2) is 32.0 Å². The number of thioether (sulfide) groups is 1. The van der Waals surface area contributed by atoms with Crippen LogP contribution in [0.2, 0.25) is 5.02 Å². The van der Waals surface area contributed by atoms with Crippen molar-refractivity contribution in [2.45, 2.75) is 4.90 Å².